The normalized spacial score (nSPS) is 19.9. The molecule has 1 spiro atoms. The summed E-state index contributed by atoms with van der Waals surface area (Å²) in [6.07, 6.45) is -11.9. The lowest BCUT2D eigenvalue weighted by Gasteiger charge is -2.55. The first-order valence-corrected chi connectivity index (χ1v) is 13.2. The van der Waals surface area contributed by atoms with Gasteiger partial charge in [-0.05, 0) is 40.7 Å². The van der Waals surface area contributed by atoms with Crippen LogP contribution in [0.25, 0.3) is 11.1 Å². The van der Waals surface area contributed by atoms with Gasteiger partial charge in [-0.2, -0.15) is 26.3 Å². The van der Waals surface area contributed by atoms with Crippen LogP contribution in [-0.4, -0.2) is 55.4 Å². The lowest BCUT2D eigenvalue weighted by atomic mass is 9.82. The Hall–Kier alpha value is -2.11. The topological polar surface area (TPSA) is 57.6 Å². The first kappa shape index (κ1) is 26.9. The molecule has 0 unspecified atom stereocenters. The van der Waals surface area contributed by atoms with Gasteiger partial charge in [-0.25, -0.2) is 8.42 Å². The lowest BCUT2D eigenvalue weighted by molar-refractivity contribution is -0.376. The predicted octanol–water partition coefficient (Wildman–Crippen LogP) is 5.33. The predicted molar refractivity (Wildman–Crippen MR) is 123 cm³/mol. The highest BCUT2D eigenvalue weighted by molar-refractivity contribution is 7.92. The van der Waals surface area contributed by atoms with E-state index in [-0.39, 0.29) is 28.4 Å². The van der Waals surface area contributed by atoms with Crippen LogP contribution in [0.15, 0.2) is 36.4 Å². The smallest absolute Gasteiger partial charge is 0.369 e. The molecule has 0 amide bonds. The monoisotopic (exact) mass is 535 g/mol. The number of aryl methyl sites for hydroxylation is 1. The number of benzene rings is 2. The van der Waals surface area contributed by atoms with Crippen molar-refractivity contribution in [3.8, 4) is 11.1 Å². The maximum atomic E-state index is 13.3. The minimum absolute atomic E-state index is 0.0146. The summed E-state index contributed by atoms with van der Waals surface area (Å²) in [6.45, 7) is 7.31. The van der Waals surface area contributed by atoms with Gasteiger partial charge in [0.1, 0.15) is 0 Å². The Morgan fingerprint density at radius 2 is 1.50 bits per heavy atom. The van der Waals surface area contributed by atoms with E-state index in [0.29, 0.717) is 36.8 Å². The molecule has 0 aromatic heterocycles. The van der Waals surface area contributed by atoms with Crippen LogP contribution in [0, 0.1) is 12.3 Å². The van der Waals surface area contributed by atoms with E-state index < -0.39 is 33.4 Å². The zero-order chi connectivity index (χ0) is 26.9. The molecule has 11 heteroatoms. The molecule has 198 valence electrons. The van der Waals surface area contributed by atoms with Gasteiger partial charge < -0.3 is 5.11 Å². The van der Waals surface area contributed by atoms with E-state index in [2.05, 4.69) is 4.90 Å². The molecule has 2 aliphatic heterocycles. The van der Waals surface area contributed by atoms with Gasteiger partial charge in [-0.3, -0.25) is 4.90 Å². The minimum atomic E-state index is -5.94. The fourth-order valence-corrected chi connectivity index (χ4v) is 7.60. The number of aliphatic hydroxyl groups is 1. The summed E-state index contributed by atoms with van der Waals surface area (Å²) in [7, 11) is -2.90. The molecule has 0 saturated carbocycles. The Kier molecular flexibility index (Phi) is 6.33. The first-order chi connectivity index (χ1) is 16.4. The Morgan fingerprint density at radius 1 is 0.944 bits per heavy atom. The SMILES string of the molecule is Cc1cc(C(O)(C(F)(F)F)C(F)(F)F)ccc1-c1ccc(CN2CC3(C2)CS(=O)(=O)C3)cc1C(C)C. The molecule has 2 aliphatic rings. The molecule has 0 atom stereocenters. The number of nitrogens with zero attached hydrogens (tertiary/aromatic N) is 1. The van der Waals surface area contributed by atoms with Crippen LogP contribution < -0.4 is 0 Å². The third-order valence-corrected chi connectivity index (χ3v) is 9.17. The number of halogens is 6. The average Bonchev–Trinajstić information content (AvgIpc) is 2.68. The molecule has 0 bridgehead atoms. The second-order valence-electron chi connectivity index (χ2n) is 10.5. The van der Waals surface area contributed by atoms with Crippen LogP contribution in [0.2, 0.25) is 0 Å². The van der Waals surface area contributed by atoms with Gasteiger partial charge in [-0.1, -0.05) is 50.2 Å². The average molecular weight is 536 g/mol. The molecule has 0 aliphatic carbocycles. The molecule has 2 saturated heterocycles. The van der Waals surface area contributed by atoms with Crippen LogP contribution in [-0.2, 0) is 22.0 Å². The summed E-state index contributed by atoms with van der Waals surface area (Å²) in [5.41, 5.74) is -3.19. The Bertz CT molecular complexity index is 1250. The Morgan fingerprint density at radius 3 is 1.97 bits per heavy atom. The molecule has 4 nitrogen and oxygen atoms in total. The zero-order valence-corrected chi connectivity index (χ0v) is 20.8. The first-order valence-electron chi connectivity index (χ1n) is 11.4. The van der Waals surface area contributed by atoms with Crippen molar-refractivity contribution in [1.29, 1.82) is 0 Å². The van der Waals surface area contributed by atoms with Crippen molar-refractivity contribution in [1.82, 2.24) is 4.90 Å². The molecule has 2 heterocycles. The van der Waals surface area contributed by atoms with Gasteiger partial charge in [0, 0.05) is 30.6 Å². The summed E-state index contributed by atoms with van der Waals surface area (Å²) in [4.78, 5) is 2.16. The lowest BCUT2D eigenvalue weighted by Crippen LogP contribution is -2.67. The van der Waals surface area contributed by atoms with Crippen molar-refractivity contribution in [2.45, 2.75) is 51.2 Å². The van der Waals surface area contributed by atoms with Crippen molar-refractivity contribution in [2.24, 2.45) is 5.41 Å². The largest absolute Gasteiger partial charge is 0.430 e. The summed E-state index contributed by atoms with van der Waals surface area (Å²) in [5, 5.41) is 9.73. The van der Waals surface area contributed by atoms with Crippen molar-refractivity contribution in [3.63, 3.8) is 0 Å². The molecular formula is C25H27F6NO3S. The number of alkyl halides is 6. The van der Waals surface area contributed by atoms with E-state index in [1.165, 1.54) is 13.0 Å². The fourth-order valence-electron chi connectivity index (χ4n) is 5.46. The molecule has 2 fully saturated rings. The van der Waals surface area contributed by atoms with Crippen LogP contribution in [0.5, 0.6) is 0 Å². The van der Waals surface area contributed by atoms with Gasteiger partial charge in [0.05, 0.1) is 11.5 Å². The number of hydrogen-bond acceptors (Lipinski definition) is 4. The standard InChI is InChI=1S/C25H27F6NO3S/c1-15(2)21-9-17(10-32-11-22(12-32)13-36(34,35)14-22)4-6-20(21)19-7-5-18(8-16(19)3)23(33,24(26,27)28)25(29,30)31/h4-9,15,33H,10-14H2,1-3H3. The summed E-state index contributed by atoms with van der Waals surface area (Å²) >= 11 is 0. The van der Waals surface area contributed by atoms with Gasteiger partial charge in [0.25, 0.3) is 5.60 Å². The van der Waals surface area contributed by atoms with Crippen molar-refractivity contribution >= 4 is 9.84 Å². The number of sulfone groups is 1. The molecule has 1 N–H and O–H groups in total. The second kappa shape index (κ2) is 8.46. The minimum Gasteiger partial charge on any atom is -0.369 e. The molecule has 36 heavy (non-hydrogen) atoms. The Labute approximate surface area is 205 Å². The Balaban J connectivity index is 1.61. The van der Waals surface area contributed by atoms with E-state index >= 15 is 0 Å². The van der Waals surface area contributed by atoms with Crippen LogP contribution >= 0.6 is 0 Å². The highest BCUT2D eigenvalue weighted by Crippen LogP contribution is 2.50. The van der Waals surface area contributed by atoms with E-state index in [9.17, 15) is 39.9 Å². The summed E-state index contributed by atoms with van der Waals surface area (Å²) < 4.78 is 103. The van der Waals surface area contributed by atoms with Gasteiger partial charge in [0.2, 0.25) is 0 Å². The van der Waals surface area contributed by atoms with Crippen LogP contribution in [0.3, 0.4) is 0 Å². The molecular weight excluding hydrogens is 508 g/mol. The van der Waals surface area contributed by atoms with Crippen LogP contribution in [0.4, 0.5) is 26.3 Å². The van der Waals surface area contributed by atoms with E-state index in [1.54, 1.807) is 6.07 Å². The molecule has 2 aromatic rings. The van der Waals surface area contributed by atoms with Crippen molar-refractivity contribution in [2.75, 3.05) is 24.6 Å². The van der Waals surface area contributed by atoms with Gasteiger partial charge in [0.15, 0.2) is 9.84 Å². The van der Waals surface area contributed by atoms with E-state index in [0.717, 1.165) is 17.2 Å². The van der Waals surface area contributed by atoms with Gasteiger partial charge >= 0.3 is 12.4 Å². The quantitative estimate of drug-likeness (QED) is 0.526. The maximum Gasteiger partial charge on any atom is 0.430 e. The number of likely N-dealkylation sites (tertiary alicyclic amines) is 1. The summed E-state index contributed by atoms with van der Waals surface area (Å²) in [6, 6.07) is 8.23. The number of rotatable bonds is 5. The third kappa shape index (κ3) is 4.54. The fraction of sp³-hybridized carbons (Fsp3) is 0.520. The molecule has 0 radical (unpaired) electrons. The second-order valence-corrected chi connectivity index (χ2v) is 12.6. The van der Waals surface area contributed by atoms with Crippen molar-refractivity contribution in [3.05, 3.63) is 58.7 Å². The molecule has 4 rings (SSSR count). The maximum absolute atomic E-state index is 13.3. The van der Waals surface area contributed by atoms with E-state index in [1.807, 2.05) is 26.0 Å². The third-order valence-electron chi connectivity index (χ3n) is 7.07. The summed E-state index contributed by atoms with van der Waals surface area (Å²) in [5.74, 6) is 0.459. The van der Waals surface area contributed by atoms with Gasteiger partial charge in [-0.15, -0.1) is 0 Å². The number of hydrogen-bond donors (Lipinski definition) is 1. The highest BCUT2D eigenvalue weighted by atomic mass is 32.2. The highest BCUT2D eigenvalue weighted by Gasteiger charge is 2.71. The van der Waals surface area contributed by atoms with E-state index in [4.69, 9.17) is 0 Å². The molecule has 2 aromatic carbocycles. The zero-order valence-electron chi connectivity index (χ0n) is 20.0. The van der Waals surface area contributed by atoms with Crippen molar-refractivity contribution < 1.29 is 39.9 Å². The van der Waals surface area contributed by atoms with Crippen LogP contribution in [0.1, 0.15) is 42.0 Å².